The minimum atomic E-state index is -0.115. The Morgan fingerprint density at radius 2 is 2.09 bits per heavy atom. The molecular formula is C17H23N3OS. The van der Waals surface area contributed by atoms with Crippen LogP contribution in [0, 0.1) is 6.92 Å². The molecule has 0 fully saturated rings. The first-order valence-corrected chi connectivity index (χ1v) is 8.58. The van der Waals surface area contributed by atoms with Crippen LogP contribution in [0.5, 0.6) is 0 Å². The molecular weight excluding hydrogens is 294 g/mol. The number of thiophene rings is 1. The fourth-order valence-corrected chi connectivity index (χ4v) is 3.24. The summed E-state index contributed by atoms with van der Waals surface area (Å²) in [6, 6.07) is 7.83. The van der Waals surface area contributed by atoms with Crippen molar-refractivity contribution in [3.8, 4) is 0 Å². The normalized spacial score (nSPS) is 12.4. The van der Waals surface area contributed by atoms with Crippen molar-refractivity contribution < 1.29 is 4.79 Å². The number of hydrogen-bond acceptors (Lipinski definition) is 4. The summed E-state index contributed by atoms with van der Waals surface area (Å²) in [5.74, 6) is -0.115. The van der Waals surface area contributed by atoms with Crippen molar-refractivity contribution in [2.24, 2.45) is 0 Å². The molecule has 2 aromatic rings. The van der Waals surface area contributed by atoms with Crippen LogP contribution in [0.2, 0.25) is 0 Å². The Morgan fingerprint density at radius 3 is 2.68 bits per heavy atom. The van der Waals surface area contributed by atoms with Gasteiger partial charge in [0.1, 0.15) is 5.69 Å². The predicted octanol–water partition coefficient (Wildman–Crippen LogP) is 3.26. The molecule has 0 saturated carbocycles. The molecule has 5 heteroatoms. The van der Waals surface area contributed by atoms with Gasteiger partial charge in [-0.05, 0) is 54.5 Å². The van der Waals surface area contributed by atoms with Crippen LogP contribution in [0.25, 0.3) is 0 Å². The Balaban J connectivity index is 2.06. The average Bonchev–Trinajstić information content (AvgIpc) is 3.05. The molecule has 0 unspecified atom stereocenters. The lowest BCUT2D eigenvalue weighted by molar-refractivity contribution is 0.0930. The highest BCUT2D eigenvalue weighted by molar-refractivity contribution is 7.07. The topological polar surface area (TPSA) is 45.2 Å². The number of amides is 1. The van der Waals surface area contributed by atoms with Crippen LogP contribution in [0.3, 0.4) is 0 Å². The van der Waals surface area contributed by atoms with Gasteiger partial charge in [-0.2, -0.15) is 11.3 Å². The van der Waals surface area contributed by atoms with Crippen LogP contribution in [0.1, 0.15) is 41.6 Å². The van der Waals surface area contributed by atoms with Crippen molar-refractivity contribution >= 4 is 17.2 Å². The van der Waals surface area contributed by atoms with E-state index in [2.05, 4.69) is 45.9 Å². The SMILES string of the molecule is CCN(CC)[C@@H](CNC(=O)c1cccc(C)n1)c1ccsc1. The molecule has 0 aromatic carbocycles. The Morgan fingerprint density at radius 1 is 1.32 bits per heavy atom. The molecule has 2 rings (SSSR count). The molecule has 2 aromatic heterocycles. The number of carbonyl (C=O) groups excluding carboxylic acids is 1. The zero-order valence-electron chi connectivity index (χ0n) is 13.4. The van der Waals surface area contributed by atoms with E-state index in [1.54, 1.807) is 17.4 Å². The summed E-state index contributed by atoms with van der Waals surface area (Å²) in [6.45, 7) is 8.68. The fourth-order valence-electron chi connectivity index (χ4n) is 2.54. The van der Waals surface area contributed by atoms with E-state index in [0.717, 1.165) is 18.8 Å². The summed E-state index contributed by atoms with van der Waals surface area (Å²) in [5.41, 5.74) is 2.58. The number of carbonyl (C=O) groups is 1. The second-order valence-corrected chi connectivity index (χ2v) is 5.95. The maximum absolute atomic E-state index is 12.3. The summed E-state index contributed by atoms with van der Waals surface area (Å²) in [6.07, 6.45) is 0. The molecule has 0 aliphatic rings. The van der Waals surface area contributed by atoms with Crippen molar-refractivity contribution in [2.75, 3.05) is 19.6 Å². The van der Waals surface area contributed by atoms with Gasteiger partial charge in [0.05, 0.1) is 6.04 Å². The molecule has 0 aliphatic carbocycles. The van der Waals surface area contributed by atoms with E-state index < -0.39 is 0 Å². The number of nitrogens with one attached hydrogen (secondary N) is 1. The van der Waals surface area contributed by atoms with Crippen molar-refractivity contribution in [1.82, 2.24) is 15.2 Å². The van der Waals surface area contributed by atoms with E-state index in [4.69, 9.17) is 0 Å². The first kappa shape index (κ1) is 16.6. The van der Waals surface area contributed by atoms with Crippen LogP contribution < -0.4 is 5.32 Å². The molecule has 0 aliphatic heterocycles. The second-order valence-electron chi connectivity index (χ2n) is 5.17. The zero-order chi connectivity index (χ0) is 15.9. The molecule has 1 N–H and O–H groups in total. The van der Waals surface area contributed by atoms with Crippen molar-refractivity contribution in [3.05, 3.63) is 52.0 Å². The van der Waals surface area contributed by atoms with Crippen LogP contribution in [0.15, 0.2) is 35.0 Å². The highest BCUT2D eigenvalue weighted by Crippen LogP contribution is 2.22. The molecule has 4 nitrogen and oxygen atoms in total. The van der Waals surface area contributed by atoms with Gasteiger partial charge in [0, 0.05) is 12.2 Å². The van der Waals surface area contributed by atoms with Crippen molar-refractivity contribution in [2.45, 2.75) is 26.8 Å². The van der Waals surface area contributed by atoms with Crippen LogP contribution >= 0.6 is 11.3 Å². The van der Waals surface area contributed by atoms with E-state index in [-0.39, 0.29) is 11.9 Å². The number of rotatable bonds is 7. The van der Waals surface area contributed by atoms with Gasteiger partial charge in [-0.15, -0.1) is 0 Å². The third kappa shape index (κ3) is 4.15. The Labute approximate surface area is 136 Å². The molecule has 2 heterocycles. The highest BCUT2D eigenvalue weighted by Gasteiger charge is 2.19. The van der Waals surface area contributed by atoms with Gasteiger partial charge in [-0.25, -0.2) is 4.98 Å². The maximum atomic E-state index is 12.3. The highest BCUT2D eigenvalue weighted by atomic mass is 32.1. The largest absolute Gasteiger partial charge is 0.349 e. The molecule has 118 valence electrons. The minimum absolute atomic E-state index is 0.115. The second kappa shape index (κ2) is 8.06. The van der Waals surface area contributed by atoms with Crippen LogP contribution in [-0.4, -0.2) is 35.4 Å². The lowest BCUT2D eigenvalue weighted by Crippen LogP contribution is -2.38. The van der Waals surface area contributed by atoms with E-state index in [9.17, 15) is 4.79 Å². The number of pyridine rings is 1. The molecule has 0 radical (unpaired) electrons. The smallest absolute Gasteiger partial charge is 0.269 e. The van der Waals surface area contributed by atoms with E-state index in [0.29, 0.717) is 12.2 Å². The summed E-state index contributed by atoms with van der Waals surface area (Å²) < 4.78 is 0. The fraction of sp³-hybridized carbons (Fsp3) is 0.412. The molecule has 0 saturated heterocycles. The summed E-state index contributed by atoms with van der Waals surface area (Å²) in [4.78, 5) is 18.9. The van der Waals surface area contributed by atoms with Gasteiger partial charge in [-0.3, -0.25) is 9.69 Å². The lowest BCUT2D eigenvalue weighted by atomic mass is 10.1. The molecule has 1 amide bonds. The number of likely N-dealkylation sites (N-methyl/N-ethyl adjacent to an activating group) is 1. The first-order chi connectivity index (χ1) is 10.7. The van der Waals surface area contributed by atoms with Crippen LogP contribution in [-0.2, 0) is 0 Å². The molecule has 0 bridgehead atoms. The first-order valence-electron chi connectivity index (χ1n) is 7.63. The van der Waals surface area contributed by atoms with Gasteiger partial charge in [0.2, 0.25) is 0 Å². The minimum Gasteiger partial charge on any atom is -0.349 e. The monoisotopic (exact) mass is 317 g/mol. The van der Waals surface area contributed by atoms with E-state index in [1.807, 2.05) is 19.1 Å². The number of nitrogens with zero attached hydrogens (tertiary/aromatic N) is 2. The van der Waals surface area contributed by atoms with Gasteiger partial charge in [0.15, 0.2) is 0 Å². The summed E-state index contributed by atoms with van der Waals surface area (Å²) in [7, 11) is 0. The number of aromatic nitrogens is 1. The Bertz CT molecular complexity index is 594. The molecule has 0 spiro atoms. The standard InChI is InChI=1S/C17H23N3OS/c1-4-20(5-2)16(14-9-10-22-12-14)11-18-17(21)15-8-6-7-13(3)19-15/h6-10,12,16H,4-5,11H2,1-3H3,(H,18,21)/t16-/m0/s1. The summed E-state index contributed by atoms with van der Waals surface area (Å²) in [5, 5.41) is 7.26. The quantitative estimate of drug-likeness (QED) is 0.852. The van der Waals surface area contributed by atoms with Gasteiger partial charge < -0.3 is 5.32 Å². The Kier molecular flexibility index (Phi) is 6.10. The number of hydrogen-bond donors (Lipinski definition) is 1. The van der Waals surface area contributed by atoms with Gasteiger partial charge in [-0.1, -0.05) is 19.9 Å². The third-order valence-electron chi connectivity index (χ3n) is 3.76. The third-order valence-corrected chi connectivity index (χ3v) is 4.46. The molecule has 22 heavy (non-hydrogen) atoms. The predicted molar refractivity (Wildman–Crippen MR) is 91.3 cm³/mol. The van der Waals surface area contributed by atoms with Crippen molar-refractivity contribution in [3.63, 3.8) is 0 Å². The average molecular weight is 317 g/mol. The molecule has 1 atom stereocenters. The van der Waals surface area contributed by atoms with E-state index in [1.165, 1.54) is 5.56 Å². The number of aryl methyl sites for hydroxylation is 1. The zero-order valence-corrected chi connectivity index (χ0v) is 14.2. The van der Waals surface area contributed by atoms with Crippen molar-refractivity contribution in [1.29, 1.82) is 0 Å². The lowest BCUT2D eigenvalue weighted by Gasteiger charge is -2.29. The van der Waals surface area contributed by atoms with Gasteiger partial charge >= 0.3 is 0 Å². The van der Waals surface area contributed by atoms with Gasteiger partial charge in [0.25, 0.3) is 5.91 Å². The summed E-state index contributed by atoms with van der Waals surface area (Å²) >= 11 is 1.69. The van der Waals surface area contributed by atoms with Crippen LogP contribution in [0.4, 0.5) is 0 Å². The van der Waals surface area contributed by atoms with E-state index >= 15 is 0 Å². The Hall–Kier alpha value is -1.72. The maximum Gasteiger partial charge on any atom is 0.269 e.